The summed E-state index contributed by atoms with van der Waals surface area (Å²) in [4.78, 5) is 20.3. The molecule has 1 fully saturated rings. The van der Waals surface area contributed by atoms with Crippen molar-refractivity contribution in [2.45, 2.75) is 6.92 Å². The van der Waals surface area contributed by atoms with Crippen LogP contribution >= 0.6 is 15.9 Å². The normalized spacial score (nSPS) is 15.4. The van der Waals surface area contributed by atoms with E-state index in [0.717, 1.165) is 42.0 Å². The lowest BCUT2D eigenvalue weighted by molar-refractivity contribution is -0.130. The maximum absolute atomic E-state index is 12.2. The highest BCUT2D eigenvalue weighted by molar-refractivity contribution is 9.10. The highest BCUT2D eigenvalue weighted by atomic mass is 79.9. The second kappa shape index (κ2) is 6.34. The molecule has 104 valence electrons. The Morgan fingerprint density at radius 3 is 2.84 bits per heavy atom. The van der Waals surface area contributed by atoms with Gasteiger partial charge in [0.2, 0.25) is 5.91 Å². The molecule has 0 unspecified atom stereocenters. The number of hydrogen-bond donors (Lipinski definition) is 1. The zero-order chi connectivity index (χ0) is 13.8. The molecule has 1 aliphatic heterocycles. The maximum Gasteiger partial charge on any atom is 0.242 e. The number of aryl methyl sites for hydroxylation is 1. The molecule has 0 spiro atoms. The van der Waals surface area contributed by atoms with Gasteiger partial charge in [0, 0.05) is 43.9 Å². The molecule has 0 atom stereocenters. The van der Waals surface area contributed by atoms with Crippen LogP contribution in [0.15, 0.2) is 16.7 Å². The molecule has 0 radical (unpaired) electrons. The second-order valence-corrected chi connectivity index (χ2v) is 5.63. The van der Waals surface area contributed by atoms with E-state index in [1.165, 1.54) is 0 Å². The number of pyridine rings is 1. The molecular formula is C13H19BrN4O. The Morgan fingerprint density at radius 1 is 1.53 bits per heavy atom. The van der Waals surface area contributed by atoms with Gasteiger partial charge in [-0.25, -0.2) is 4.98 Å². The average molecular weight is 327 g/mol. The van der Waals surface area contributed by atoms with Crippen LogP contribution in [0.3, 0.4) is 0 Å². The Labute approximate surface area is 122 Å². The molecule has 2 heterocycles. The van der Waals surface area contributed by atoms with Crippen LogP contribution in [0.4, 0.5) is 5.82 Å². The minimum atomic E-state index is 0.159. The third-order valence-electron chi connectivity index (χ3n) is 3.27. The number of aromatic nitrogens is 1. The van der Waals surface area contributed by atoms with E-state index in [4.69, 9.17) is 0 Å². The third-order valence-corrected chi connectivity index (χ3v) is 4.10. The first-order valence-electron chi connectivity index (χ1n) is 6.39. The summed E-state index contributed by atoms with van der Waals surface area (Å²) in [5.74, 6) is 0.982. The number of nitrogens with one attached hydrogen (secondary N) is 1. The summed E-state index contributed by atoms with van der Waals surface area (Å²) in [6.45, 7) is 5.73. The van der Waals surface area contributed by atoms with Crippen LogP contribution in [0.2, 0.25) is 0 Å². The van der Waals surface area contributed by atoms with E-state index in [1.54, 1.807) is 6.20 Å². The third kappa shape index (κ3) is 3.67. The van der Waals surface area contributed by atoms with Crippen molar-refractivity contribution < 1.29 is 4.79 Å². The first-order valence-corrected chi connectivity index (χ1v) is 7.19. The molecular weight excluding hydrogens is 308 g/mol. The van der Waals surface area contributed by atoms with Gasteiger partial charge in [-0.1, -0.05) is 0 Å². The van der Waals surface area contributed by atoms with Crippen molar-refractivity contribution >= 4 is 27.7 Å². The molecule has 1 N–H and O–H groups in total. The minimum Gasteiger partial charge on any atom is -0.350 e. The predicted octanol–water partition coefficient (Wildman–Crippen LogP) is 1.02. The number of carbonyl (C=O) groups excluding carboxylic acids is 1. The molecule has 0 bridgehead atoms. The topological polar surface area (TPSA) is 48.5 Å². The van der Waals surface area contributed by atoms with Crippen LogP contribution in [0.1, 0.15) is 5.56 Å². The van der Waals surface area contributed by atoms with Crippen LogP contribution in [0.25, 0.3) is 0 Å². The fourth-order valence-corrected chi connectivity index (χ4v) is 2.25. The first-order chi connectivity index (χ1) is 9.08. The zero-order valence-electron chi connectivity index (χ0n) is 11.3. The number of piperazine rings is 1. The predicted molar refractivity (Wildman–Crippen MR) is 79.4 cm³/mol. The number of anilines is 1. The van der Waals surface area contributed by atoms with E-state index in [2.05, 4.69) is 26.2 Å². The van der Waals surface area contributed by atoms with Crippen LogP contribution in [-0.2, 0) is 4.79 Å². The standard InChI is InChI=1S/C13H19BrN4O/c1-10-7-12(16-8-11(10)14)17(2)9-13(19)18-5-3-15-4-6-18/h7-8,15H,3-6,9H2,1-2H3. The van der Waals surface area contributed by atoms with Crippen molar-refractivity contribution in [2.75, 3.05) is 44.7 Å². The number of likely N-dealkylation sites (N-methyl/N-ethyl adjacent to an activating group) is 1. The van der Waals surface area contributed by atoms with Crippen molar-refractivity contribution in [3.05, 3.63) is 22.3 Å². The summed E-state index contributed by atoms with van der Waals surface area (Å²) in [7, 11) is 1.90. The van der Waals surface area contributed by atoms with E-state index in [0.29, 0.717) is 6.54 Å². The number of hydrogen-bond acceptors (Lipinski definition) is 4. The van der Waals surface area contributed by atoms with Crippen molar-refractivity contribution in [1.82, 2.24) is 15.2 Å². The Kier molecular flexibility index (Phi) is 4.76. The first kappa shape index (κ1) is 14.3. The monoisotopic (exact) mass is 326 g/mol. The Morgan fingerprint density at radius 2 is 2.21 bits per heavy atom. The van der Waals surface area contributed by atoms with Gasteiger partial charge >= 0.3 is 0 Å². The van der Waals surface area contributed by atoms with Crippen molar-refractivity contribution in [3.63, 3.8) is 0 Å². The Bertz CT molecular complexity index is 460. The molecule has 2 rings (SSSR count). The molecule has 1 amide bonds. The molecule has 19 heavy (non-hydrogen) atoms. The van der Waals surface area contributed by atoms with Crippen molar-refractivity contribution in [2.24, 2.45) is 0 Å². The summed E-state index contributed by atoms with van der Waals surface area (Å²) in [5.41, 5.74) is 1.12. The molecule has 5 nitrogen and oxygen atoms in total. The summed E-state index contributed by atoms with van der Waals surface area (Å²) >= 11 is 3.43. The lowest BCUT2D eigenvalue weighted by atomic mass is 10.3. The van der Waals surface area contributed by atoms with Gasteiger partial charge < -0.3 is 15.1 Å². The number of rotatable bonds is 3. The van der Waals surface area contributed by atoms with Gasteiger partial charge in [0.25, 0.3) is 0 Å². The van der Waals surface area contributed by atoms with Gasteiger partial charge in [-0.15, -0.1) is 0 Å². The minimum absolute atomic E-state index is 0.159. The quantitative estimate of drug-likeness (QED) is 0.901. The SMILES string of the molecule is Cc1cc(N(C)CC(=O)N2CCNCC2)ncc1Br. The van der Waals surface area contributed by atoms with Gasteiger partial charge in [0.05, 0.1) is 6.54 Å². The summed E-state index contributed by atoms with van der Waals surface area (Å²) < 4.78 is 0.984. The van der Waals surface area contributed by atoms with Gasteiger partial charge in [-0.3, -0.25) is 4.79 Å². The van der Waals surface area contributed by atoms with E-state index in [-0.39, 0.29) is 5.91 Å². The average Bonchev–Trinajstić information content (AvgIpc) is 2.42. The van der Waals surface area contributed by atoms with E-state index >= 15 is 0 Å². The summed E-state index contributed by atoms with van der Waals surface area (Å²) in [6, 6.07) is 1.98. The van der Waals surface area contributed by atoms with Crippen molar-refractivity contribution in [1.29, 1.82) is 0 Å². The maximum atomic E-state index is 12.2. The molecule has 0 saturated carbocycles. The van der Waals surface area contributed by atoms with Crippen LogP contribution in [0.5, 0.6) is 0 Å². The molecule has 1 aromatic rings. The lowest BCUT2D eigenvalue weighted by Gasteiger charge is -2.29. The van der Waals surface area contributed by atoms with Gasteiger partial charge in [-0.2, -0.15) is 0 Å². The molecule has 1 saturated heterocycles. The summed E-state index contributed by atoms with van der Waals surface area (Å²) in [6.07, 6.45) is 1.77. The molecule has 1 aromatic heterocycles. The lowest BCUT2D eigenvalue weighted by Crippen LogP contribution is -2.49. The van der Waals surface area contributed by atoms with E-state index in [1.807, 2.05) is 29.8 Å². The fourth-order valence-electron chi connectivity index (χ4n) is 2.03. The Hall–Kier alpha value is -1.14. The number of carbonyl (C=O) groups is 1. The number of halogens is 1. The second-order valence-electron chi connectivity index (χ2n) is 4.78. The van der Waals surface area contributed by atoms with Crippen molar-refractivity contribution in [3.8, 4) is 0 Å². The smallest absolute Gasteiger partial charge is 0.242 e. The highest BCUT2D eigenvalue weighted by Gasteiger charge is 2.18. The Balaban J connectivity index is 1.97. The molecule has 0 aliphatic carbocycles. The van der Waals surface area contributed by atoms with Crippen LogP contribution < -0.4 is 10.2 Å². The van der Waals surface area contributed by atoms with Gasteiger partial charge in [-0.05, 0) is 34.5 Å². The number of nitrogens with zero attached hydrogens (tertiary/aromatic N) is 3. The zero-order valence-corrected chi connectivity index (χ0v) is 12.9. The van der Waals surface area contributed by atoms with E-state index in [9.17, 15) is 4.79 Å². The van der Waals surface area contributed by atoms with Gasteiger partial charge in [0.1, 0.15) is 5.82 Å². The van der Waals surface area contributed by atoms with Crippen LogP contribution in [-0.4, -0.2) is 55.6 Å². The van der Waals surface area contributed by atoms with Gasteiger partial charge in [0.15, 0.2) is 0 Å². The number of amides is 1. The fraction of sp³-hybridized carbons (Fsp3) is 0.538. The largest absolute Gasteiger partial charge is 0.350 e. The summed E-state index contributed by atoms with van der Waals surface area (Å²) in [5, 5.41) is 3.24. The van der Waals surface area contributed by atoms with Crippen LogP contribution in [0, 0.1) is 6.92 Å². The molecule has 1 aliphatic rings. The molecule has 6 heteroatoms. The van der Waals surface area contributed by atoms with E-state index < -0.39 is 0 Å². The highest BCUT2D eigenvalue weighted by Crippen LogP contribution is 2.19. The molecule has 0 aromatic carbocycles.